The second-order valence-electron chi connectivity index (χ2n) is 6.95. The summed E-state index contributed by atoms with van der Waals surface area (Å²) < 4.78 is 10.9. The molecule has 0 aliphatic heterocycles. The highest BCUT2D eigenvalue weighted by atomic mass is 35.5. The van der Waals surface area contributed by atoms with E-state index in [9.17, 15) is 9.59 Å². The van der Waals surface area contributed by atoms with Crippen molar-refractivity contribution < 1.29 is 19.1 Å². The second kappa shape index (κ2) is 10.6. The Balaban J connectivity index is 1.55. The Bertz CT molecular complexity index is 1050. The Kier molecular flexibility index (Phi) is 7.68. The Morgan fingerprint density at radius 1 is 0.935 bits per heavy atom. The van der Waals surface area contributed by atoms with E-state index in [2.05, 4.69) is 5.32 Å². The molecule has 3 aromatic rings. The molecule has 0 fully saturated rings. The molecule has 0 spiro atoms. The number of rotatable bonds is 8. The lowest BCUT2D eigenvalue weighted by atomic mass is 10.1. The fraction of sp³-hybridized carbons (Fsp3) is 0.200. The van der Waals surface area contributed by atoms with Gasteiger partial charge in [0.15, 0.2) is 6.10 Å². The van der Waals surface area contributed by atoms with E-state index in [0.717, 1.165) is 23.2 Å². The number of nitrogens with one attached hydrogen (secondary N) is 1. The molecule has 5 nitrogen and oxygen atoms in total. The monoisotopic (exact) mass is 437 g/mol. The van der Waals surface area contributed by atoms with Crippen molar-refractivity contribution in [1.82, 2.24) is 0 Å². The average Bonchev–Trinajstić information content (AvgIpc) is 2.79. The van der Waals surface area contributed by atoms with Crippen LogP contribution in [0.1, 0.15) is 35.3 Å². The molecule has 0 heterocycles. The first kappa shape index (κ1) is 22.4. The number of anilines is 1. The zero-order valence-electron chi connectivity index (χ0n) is 17.4. The third kappa shape index (κ3) is 6.09. The van der Waals surface area contributed by atoms with Gasteiger partial charge in [-0.25, -0.2) is 4.79 Å². The maximum atomic E-state index is 12.5. The smallest absolute Gasteiger partial charge is 0.347 e. The number of hydrogen-bond acceptors (Lipinski definition) is 4. The van der Waals surface area contributed by atoms with E-state index in [1.54, 1.807) is 43.3 Å². The third-order valence-electron chi connectivity index (χ3n) is 4.74. The van der Waals surface area contributed by atoms with Crippen LogP contribution in [0.25, 0.3) is 0 Å². The molecule has 1 N–H and O–H groups in total. The van der Waals surface area contributed by atoms with E-state index < -0.39 is 12.1 Å². The van der Waals surface area contributed by atoms with Crippen LogP contribution in [0.2, 0.25) is 5.02 Å². The molecule has 1 amide bonds. The van der Waals surface area contributed by atoms with Crippen molar-refractivity contribution in [2.24, 2.45) is 0 Å². The van der Waals surface area contributed by atoms with Crippen LogP contribution in [0.15, 0.2) is 72.8 Å². The molecule has 3 rings (SSSR count). The molecule has 0 aliphatic carbocycles. The van der Waals surface area contributed by atoms with E-state index in [4.69, 9.17) is 21.1 Å². The number of carbonyl (C=O) groups is 2. The summed E-state index contributed by atoms with van der Waals surface area (Å²) in [6.45, 7) is 3.72. The van der Waals surface area contributed by atoms with Gasteiger partial charge in [0.1, 0.15) is 12.4 Å². The highest BCUT2D eigenvalue weighted by Crippen LogP contribution is 2.20. The van der Waals surface area contributed by atoms with E-state index >= 15 is 0 Å². The maximum absolute atomic E-state index is 12.5. The molecule has 0 radical (unpaired) electrons. The van der Waals surface area contributed by atoms with Crippen molar-refractivity contribution in [2.75, 3.05) is 5.32 Å². The Hall–Kier alpha value is -3.31. The minimum Gasteiger partial charge on any atom is -0.479 e. The predicted octanol–water partition coefficient (Wildman–Crippen LogP) is 5.67. The van der Waals surface area contributed by atoms with Crippen LogP contribution in [0, 0.1) is 0 Å². The highest BCUT2D eigenvalue weighted by molar-refractivity contribution is 6.31. The number of para-hydroxylation sites is 1. The summed E-state index contributed by atoms with van der Waals surface area (Å²) in [7, 11) is 0. The largest absolute Gasteiger partial charge is 0.479 e. The second-order valence-corrected chi connectivity index (χ2v) is 7.36. The lowest BCUT2D eigenvalue weighted by Crippen LogP contribution is -2.26. The zero-order valence-corrected chi connectivity index (χ0v) is 18.2. The van der Waals surface area contributed by atoms with Gasteiger partial charge in [-0.05, 0) is 55.3 Å². The number of hydrogen-bond donors (Lipinski definition) is 1. The highest BCUT2D eigenvalue weighted by Gasteiger charge is 2.17. The number of benzene rings is 3. The summed E-state index contributed by atoms with van der Waals surface area (Å²) in [5.41, 5.74) is 3.09. The van der Waals surface area contributed by atoms with Gasteiger partial charge in [-0.3, -0.25) is 4.79 Å². The van der Waals surface area contributed by atoms with Gasteiger partial charge in [0.05, 0.1) is 0 Å². The van der Waals surface area contributed by atoms with Crippen molar-refractivity contribution in [1.29, 1.82) is 0 Å². The average molecular weight is 438 g/mol. The molecule has 0 aromatic heterocycles. The number of carbonyl (C=O) groups excluding carboxylic acids is 2. The van der Waals surface area contributed by atoms with Crippen LogP contribution in [-0.2, 0) is 22.6 Å². The van der Waals surface area contributed by atoms with Gasteiger partial charge in [0, 0.05) is 21.8 Å². The number of esters is 1. The molecule has 160 valence electrons. The molecule has 0 bridgehead atoms. The summed E-state index contributed by atoms with van der Waals surface area (Å²) in [5.74, 6) is -0.245. The molecule has 1 atom stereocenters. The fourth-order valence-electron chi connectivity index (χ4n) is 2.96. The van der Waals surface area contributed by atoms with Gasteiger partial charge >= 0.3 is 5.97 Å². The first-order chi connectivity index (χ1) is 15.0. The molecular formula is C25H24ClNO4. The van der Waals surface area contributed by atoms with Gasteiger partial charge in [-0.15, -0.1) is 0 Å². The van der Waals surface area contributed by atoms with Crippen LogP contribution < -0.4 is 10.1 Å². The minimum atomic E-state index is -0.807. The van der Waals surface area contributed by atoms with Gasteiger partial charge in [0.25, 0.3) is 5.91 Å². The van der Waals surface area contributed by atoms with Crippen molar-refractivity contribution in [2.45, 2.75) is 33.0 Å². The van der Waals surface area contributed by atoms with Gasteiger partial charge in [0.2, 0.25) is 0 Å². The minimum absolute atomic E-state index is 0.0740. The summed E-state index contributed by atoms with van der Waals surface area (Å²) in [6, 6.07) is 21.5. The molecule has 1 unspecified atom stereocenters. The molecule has 0 saturated heterocycles. The molecule has 6 heteroatoms. The number of amides is 1. The van der Waals surface area contributed by atoms with Crippen LogP contribution in [0.5, 0.6) is 5.75 Å². The molecular weight excluding hydrogens is 414 g/mol. The van der Waals surface area contributed by atoms with Crippen molar-refractivity contribution in [3.05, 3.63) is 94.5 Å². The summed E-state index contributed by atoms with van der Waals surface area (Å²) in [4.78, 5) is 24.8. The number of ether oxygens (including phenoxy) is 2. The van der Waals surface area contributed by atoms with Crippen LogP contribution in [-0.4, -0.2) is 18.0 Å². The topological polar surface area (TPSA) is 64.6 Å². The van der Waals surface area contributed by atoms with Crippen molar-refractivity contribution >= 4 is 29.2 Å². The van der Waals surface area contributed by atoms with Crippen LogP contribution >= 0.6 is 11.6 Å². The molecule has 31 heavy (non-hydrogen) atoms. The van der Waals surface area contributed by atoms with E-state index in [0.29, 0.717) is 16.3 Å². The van der Waals surface area contributed by atoms with Gasteiger partial charge in [-0.2, -0.15) is 0 Å². The molecule has 0 aliphatic rings. The van der Waals surface area contributed by atoms with E-state index in [1.807, 2.05) is 43.3 Å². The lowest BCUT2D eigenvalue weighted by Gasteiger charge is -2.15. The number of aryl methyl sites for hydroxylation is 1. The zero-order chi connectivity index (χ0) is 22.2. The first-order valence-electron chi connectivity index (χ1n) is 10.0. The lowest BCUT2D eigenvalue weighted by molar-refractivity contribution is -0.152. The van der Waals surface area contributed by atoms with Gasteiger partial charge in [-0.1, -0.05) is 54.9 Å². The standard InChI is InChI=1S/C25H24ClNO4/c1-3-18-8-5-7-11-23(18)27-24(28)19-12-14-21(15-13-19)31-17(2)25(29)30-16-20-9-4-6-10-22(20)26/h4-15,17H,3,16H2,1-2H3,(H,27,28). The normalized spacial score (nSPS) is 11.5. The van der Waals surface area contributed by atoms with Crippen molar-refractivity contribution in [3.63, 3.8) is 0 Å². The number of halogens is 1. The Labute approximate surface area is 187 Å². The van der Waals surface area contributed by atoms with Crippen molar-refractivity contribution in [3.8, 4) is 5.75 Å². The fourth-order valence-corrected chi connectivity index (χ4v) is 3.15. The van der Waals surface area contributed by atoms with Crippen LogP contribution in [0.4, 0.5) is 5.69 Å². The summed E-state index contributed by atoms with van der Waals surface area (Å²) in [6.07, 6.45) is 0.0202. The third-order valence-corrected chi connectivity index (χ3v) is 5.10. The van der Waals surface area contributed by atoms with E-state index in [1.165, 1.54) is 0 Å². The molecule has 3 aromatic carbocycles. The quantitative estimate of drug-likeness (QED) is 0.461. The Morgan fingerprint density at radius 2 is 1.58 bits per heavy atom. The van der Waals surface area contributed by atoms with Crippen LogP contribution in [0.3, 0.4) is 0 Å². The Morgan fingerprint density at radius 3 is 2.26 bits per heavy atom. The van der Waals surface area contributed by atoms with Gasteiger partial charge < -0.3 is 14.8 Å². The predicted molar refractivity (Wildman–Crippen MR) is 122 cm³/mol. The van der Waals surface area contributed by atoms with E-state index in [-0.39, 0.29) is 12.5 Å². The SMILES string of the molecule is CCc1ccccc1NC(=O)c1ccc(OC(C)C(=O)OCc2ccccc2Cl)cc1. The molecule has 0 saturated carbocycles. The first-order valence-corrected chi connectivity index (χ1v) is 10.4. The summed E-state index contributed by atoms with van der Waals surface area (Å²) >= 11 is 6.07. The maximum Gasteiger partial charge on any atom is 0.347 e. The summed E-state index contributed by atoms with van der Waals surface area (Å²) in [5, 5.41) is 3.47.